The molecule has 0 bridgehead atoms. The maximum Gasteiger partial charge on any atom is 0.258 e. The van der Waals surface area contributed by atoms with Crippen molar-refractivity contribution in [2.45, 2.75) is 0 Å². The van der Waals surface area contributed by atoms with Gasteiger partial charge in [-0.15, -0.1) is 0 Å². The lowest BCUT2D eigenvalue weighted by atomic mass is 10.1. The lowest BCUT2D eigenvalue weighted by Gasteiger charge is -2.09. The number of pyridine rings is 2. The molecule has 0 aliphatic heterocycles. The van der Waals surface area contributed by atoms with Gasteiger partial charge in [0.05, 0.1) is 11.1 Å². The van der Waals surface area contributed by atoms with Crippen LogP contribution >= 0.6 is 11.6 Å². The Labute approximate surface area is 130 Å². The molecule has 7 heteroatoms. The molecular weight excluding hydrogens is 306 g/mol. The number of hydrogen-bond donors (Lipinski definition) is 3. The predicted molar refractivity (Wildman–Crippen MR) is 82.3 cm³/mol. The van der Waals surface area contributed by atoms with Gasteiger partial charge >= 0.3 is 0 Å². The van der Waals surface area contributed by atoms with Crippen molar-refractivity contribution in [3.8, 4) is 11.6 Å². The van der Waals surface area contributed by atoms with Crippen LogP contribution in [0.2, 0.25) is 5.15 Å². The molecule has 0 spiro atoms. The maximum atomic E-state index is 12.4. The Balaban J connectivity index is 2.04. The van der Waals surface area contributed by atoms with Crippen LogP contribution < -0.4 is 5.32 Å². The molecule has 2 aromatic heterocycles. The molecule has 110 valence electrons. The topological polar surface area (TPSA) is 95.3 Å². The fourth-order valence-electron chi connectivity index (χ4n) is 2.05. The number of aromatic hydroxyl groups is 2. The zero-order valence-corrected chi connectivity index (χ0v) is 11.9. The molecule has 6 nitrogen and oxygen atoms in total. The van der Waals surface area contributed by atoms with Crippen LogP contribution in [0.4, 0.5) is 5.69 Å². The first-order valence-corrected chi connectivity index (χ1v) is 6.67. The molecule has 1 amide bonds. The second-order valence-corrected chi connectivity index (χ2v) is 4.88. The molecule has 22 heavy (non-hydrogen) atoms. The van der Waals surface area contributed by atoms with Crippen molar-refractivity contribution in [2.24, 2.45) is 0 Å². The lowest BCUT2D eigenvalue weighted by Crippen LogP contribution is -2.13. The van der Waals surface area contributed by atoms with Gasteiger partial charge in [-0.1, -0.05) is 23.7 Å². The zero-order valence-electron chi connectivity index (χ0n) is 11.1. The number of aromatic nitrogens is 2. The molecule has 0 aliphatic carbocycles. The summed E-state index contributed by atoms with van der Waals surface area (Å²) in [5.41, 5.74) is 0.532. The summed E-state index contributed by atoms with van der Waals surface area (Å²) < 4.78 is 0. The SMILES string of the molecule is O=C(Nc1c(O)ccnc1O)c1cccc2ccc(Cl)nc12. The standard InChI is InChI=1S/C15H10ClN3O3/c16-11-5-4-8-2-1-3-9(12(8)18-11)14(21)19-13-10(20)6-7-17-15(13)22/h1-7H,(H,19,21)(H2,17,20,22). The van der Waals surface area contributed by atoms with Crippen LogP contribution in [-0.4, -0.2) is 26.1 Å². The number of carbonyl (C=O) groups excluding carboxylic acids is 1. The summed E-state index contributed by atoms with van der Waals surface area (Å²) in [4.78, 5) is 20.2. The Morgan fingerprint density at radius 1 is 1.14 bits per heavy atom. The average Bonchev–Trinajstić information content (AvgIpc) is 2.50. The third-order valence-electron chi connectivity index (χ3n) is 3.08. The highest BCUT2D eigenvalue weighted by Crippen LogP contribution is 2.31. The molecule has 1 aromatic carbocycles. The molecule has 0 unspecified atom stereocenters. The average molecular weight is 316 g/mol. The minimum atomic E-state index is -0.543. The van der Waals surface area contributed by atoms with Crippen LogP contribution in [0.25, 0.3) is 10.9 Å². The molecule has 0 atom stereocenters. The van der Waals surface area contributed by atoms with Crippen LogP contribution in [-0.2, 0) is 0 Å². The molecule has 3 rings (SSSR count). The summed E-state index contributed by atoms with van der Waals surface area (Å²) in [5.74, 6) is -1.30. The summed E-state index contributed by atoms with van der Waals surface area (Å²) in [7, 11) is 0. The fraction of sp³-hybridized carbons (Fsp3) is 0. The monoisotopic (exact) mass is 315 g/mol. The Hall–Kier alpha value is -2.86. The van der Waals surface area contributed by atoms with Gasteiger partial charge < -0.3 is 15.5 Å². The molecule has 0 saturated heterocycles. The maximum absolute atomic E-state index is 12.4. The normalized spacial score (nSPS) is 10.6. The van der Waals surface area contributed by atoms with Gasteiger partial charge in [0.15, 0.2) is 0 Å². The van der Waals surface area contributed by atoms with E-state index in [2.05, 4.69) is 15.3 Å². The van der Waals surface area contributed by atoms with Gasteiger partial charge in [-0.05, 0) is 18.2 Å². The summed E-state index contributed by atoms with van der Waals surface area (Å²) >= 11 is 5.87. The van der Waals surface area contributed by atoms with Crippen LogP contribution in [0.1, 0.15) is 10.4 Å². The van der Waals surface area contributed by atoms with E-state index in [4.69, 9.17) is 11.6 Å². The Kier molecular flexibility index (Phi) is 3.52. The van der Waals surface area contributed by atoms with Gasteiger partial charge in [0.25, 0.3) is 5.91 Å². The number of hydrogen-bond acceptors (Lipinski definition) is 5. The summed E-state index contributed by atoms with van der Waals surface area (Å²) in [5, 5.41) is 22.7. The van der Waals surface area contributed by atoms with Crippen LogP contribution in [0.3, 0.4) is 0 Å². The van der Waals surface area contributed by atoms with E-state index in [0.29, 0.717) is 5.52 Å². The quantitative estimate of drug-likeness (QED) is 0.632. The lowest BCUT2D eigenvalue weighted by molar-refractivity contribution is 0.102. The van der Waals surface area contributed by atoms with E-state index in [-0.39, 0.29) is 22.2 Å². The third-order valence-corrected chi connectivity index (χ3v) is 3.29. The minimum Gasteiger partial charge on any atom is -0.505 e. The van der Waals surface area contributed by atoms with Crippen LogP contribution in [0.15, 0.2) is 42.6 Å². The highest BCUT2D eigenvalue weighted by Gasteiger charge is 2.16. The highest BCUT2D eigenvalue weighted by molar-refractivity contribution is 6.30. The number of halogens is 1. The van der Waals surface area contributed by atoms with E-state index in [0.717, 1.165) is 5.39 Å². The molecule has 3 N–H and O–H groups in total. The van der Waals surface area contributed by atoms with Gasteiger partial charge in [0, 0.05) is 17.6 Å². The van der Waals surface area contributed by atoms with Gasteiger partial charge in [0.1, 0.15) is 16.6 Å². The van der Waals surface area contributed by atoms with Crippen molar-refractivity contribution in [1.29, 1.82) is 0 Å². The molecular formula is C15H10ClN3O3. The first-order chi connectivity index (χ1) is 10.6. The van der Waals surface area contributed by atoms with Crippen molar-refractivity contribution >= 4 is 34.1 Å². The smallest absolute Gasteiger partial charge is 0.258 e. The highest BCUT2D eigenvalue weighted by atomic mass is 35.5. The fourth-order valence-corrected chi connectivity index (χ4v) is 2.20. The predicted octanol–water partition coefficient (Wildman–Crippen LogP) is 2.95. The number of nitrogens with one attached hydrogen (secondary N) is 1. The van der Waals surface area contributed by atoms with Crippen molar-refractivity contribution in [3.05, 3.63) is 53.3 Å². The van der Waals surface area contributed by atoms with E-state index in [1.54, 1.807) is 30.3 Å². The number of rotatable bonds is 2. The van der Waals surface area contributed by atoms with Gasteiger partial charge in [-0.25, -0.2) is 9.97 Å². The van der Waals surface area contributed by atoms with Gasteiger partial charge in [-0.3, -0.25) is 4.79 Å². The van der Waals surface area contributed by atoms with Crippen LogP contribution in [0.5, 0.6) is 11.6 Å². The van der Waals surface area contributed by atoms with E-state index < -0.39 is 11.8 Å². The second-order valence-electron chi connectivity index (χ2n) is 4.49. The van der Waals surface area contributed by atoms with Crippen molar-refractivity contribution in [1.82, 2.24) is 9.97 Å². The number of benzene rings is 1. The number of anilines is 1. The molecule has 0 saturated carbocycles. The van der Waals surface area contributed by atoms with Crippen molar-refractivity contribution in [3.63, 3.8) is 0 Å². The Bertz CT molecular complexity index is 863. The zero-order chi connectivity index (χ0) is 15.7. The number of carbonyl (C=O) groups is 1. The largest absolute Gasteiger partial charge is 0.505 e. The summed E-state index contributed by atoms with van der Waals surface area (Å²) in [6.07, 6.45) is 1.22. The Morgan fingerprint density at radius 3 is 2.73 bits per heavy atom. The van der Waals surface area contributed by atoms with E-state index in [1.165, 1.54) is 12.3 Å². The first kappa shape index (κ1) is 14.1. The first-order valence-electron chi connectivity index (χ1n) is 6.30. The van der Waals surface area contributed by atoms with Gasteiger partial charge in [-0.2, -0.15) is 0 Å². The van der Waals surface area contributed by atoms with Gasteiger partial charge in [0.2, 0.25) is 5.88 Å². The van der Waals surface area contributed by atoms with E-state index >= 15 is 0 Å². The second kappa shape index (κ2) is 5.50. The molecule has 0 fully saturated rings. The summed E-state index contributed by atoms with van der Waals surface area (Å²) in [6, 6.07) is 9.72. The molecule has 0 radical (unpaired) electrons. The third kappa shape index (κ3) is 2.51. The van der Waals surface area contributed by atoms with E-state index in [1.807, 2.05) is 0 Å². The van der Waals surface area contributed by atoms with Crippen molar-refractivity contribution in [2.75, 3.05) is 5.32 Å². The molecule has 2 heterocycles. The number of fused-ring (bicyclic) bond motifs is 1. The van der Waals surface area contributed by atoms with E-state index in [9.17, 15) is 15.0 Å². The molecule has 0 aliphatic rings. The Morgan fingerprint density at radius 2 is 1.95 bits per heavy atom. The van der Waals surface area contributed by atoms with Crippen molar-refractivity contribution < 1.29 is 15.0 Å². The summed E-state index contributed by atoms with van der Waals surface area (Å²) in [6.45, 7) is 0. The van der Waals surface area contributed by atoms with Crippen LogP contribution in [0, 0.1) is 0 Å². The number of amides is 1. The number of para-hydroxylation sites is 1. The minimum absolute atomic E-state index is 0.161. The molecule has 3 aromatic rings. The number of nitrogens with zero attached hydrogens (tertiary/aromatic N) is 2.